The second-order valence-electron chi connectivity index (χ2n) is 7.48. The lowest BCUT2D eigenvalue weighted by molar-refractivity contribution is -0.122. The van der Waals surface area contributed by atoms with Gasteiger partial charge in [0.15, 0.2) is 5.96 Å². The molecule has 0 aromatic heterocycles. The van der Waals surface area contributed by atoms with E-state index in [4.69, 9.17) is 4.99 Å². The van der Waals surface area contributed by atoms with Gasteiger partial charge in [-0.3, -0.25) is 9.79 Å². The lowest BCUT2D eigenvalue weighted by Gasteiger charge is -2.20. The molecule has 0 spiro atoms. The number of fused-ring (bicyclic) bond motifs is 2. The zero-order valence-electron chi connectivity index (χ0n) is 14.9. The molecule has 24 heavy (non-hydrogen) atoms. The first-order valence-electron chi connectivity index (χ1n) is 9.56. The number of rotatable bonds is 8. The Balaban J connectivity index is 0.00000208. The average molecular weight is 448 g/mol. The van der Waals surface area contributed by atoms with E-state index in [9.17, 15) is 4.79 Å². The number of hydrogen-bond acceptors (Lipinski definition) is 2. The molecule has 3 N–H and O–H groups in total. The average Bonchev–Trinajstić information content (AvgIpc) is 3.20. The maximum absolute atomic E-state index is 11.6. The largest absolute Gasteiger partial charge is 0.357 e. The molecule has 0 saturated heterocycles. The van der Waals surface area contributed by atoms with Crippen molar-refractivity contribution in [3.8, 4) is 0 Å². The van der Waals surface area contributed by atoms with E-state index in [0.29, 0.717) is 12.5 Å². The molecule has 0 aliphatic heterocycles. The van der Waals surface area contributed by atoms with Crippen LogP contribution in [0.15, 0.2) is 4.99 Å². The second kappa shape index (κ2) is 9.82. The van der Waals surface area contributed by atoms with Crippen LogP contribution in [-0.4, -0.2) is 38.0 Å². The van der Waals surface area contributed by atoms with E-state index in [1.54, 1.807) is 0 Å². The molecule has 0 aromatic rings. The number of carbonyl (C=O) groups is 1. The van der Waals surface area contributed by atoms with Crippen molar-refractivity contribution < 1.29 is 4.79 Å². The van der Waals surface area contributed by atoms with Gasteiger partial charge in [-0.25, -0.2) is 0 Å². The third kappa shape index (κ3) is 5.77. The second-order valence-corrected chi connectivity index (χ2v) is 7.48. The summed E-state index contributed by atoms with van der Waals surface area (Å²) in [5.41, 5.74) is 0. The van der Waals surface area contributed by atoms with Gasteiger partial charge in [0.2, 0.25) is 5.91 Å². The maximum atomic E-state index is 11.6. The van der Waals surface area contributed by atoms with Crippen molar-refractivity contribution in [3.05, 3.63) is 0 Å². The van der Waals surface area contributed by atoms with Crippen LogP contribution in [0.3, 0.4) is 0 Å². The van der Waals surface area contributed by atoms with Gasteiger partial charge in [-0.2, -0.15) is 0 Å². The van der Waals surface area contributed by atoms with E-state index >= 15 is 0 Å². The van der Waals surface area contributed by atoms with Gasteiger partial charge in [-0.15, -0.1) is 24.0 Å². The van der Waals surface area contributed by atoms with E-state index in [0.717, 1.165) is 56.2 Å². The molecular weight excluding hydrogens is 415 g/mol. The summed E-state index contributed by atoms with van der Waals surface area (Å²) >= 11 is 0. The summed E-state index contributed by atoms with van der Waals surface area (Å²) in [5.74, 6) is 4.32. The summed E-state index contributed by atoms with van der Waals surface area (Å²) < 4.78 is 0. The third-order valence-corrected chi connectivity index (χ3v) is 5.66. The van der Waals surface area contributed by atoms with Crippen LogP contribution in [0.1, 0.15) is 51.9 Å². The number of aliphatic imine (C=N–C) groups is 1. The maximum Gasteiger partial charge on any atom is 0.223 e. The quantitative estimate of drug-likeness (QED) is 0.232. The Hall–Kier alpha value is -0.530. The smallest absolute Gasteiger partial charge is 0.223 e. The molecule has 3 fully saturated rings. The molecule has 138 valence electrons. The minimum Gasteiger partial charge on any atom is -0.357 e. The summed E-state index contributed by atoms with van der Waals surface area (Å²) in [6.45, 7) is 5.28. The molecule has 3 saturated carbocycles. The molecule has 1 amide bonds. The SMILES string of the molecule is CCNC(=NCCC1CC2CCC1C2)NCCNC(=O)C1CC1.I. The van der Waals surface area contributed by atoms with Crippen molar-refractivity contribution in [1.29, 1.82) is 0 Å². The first kappa shape index (κ1) is 19.8. The predicted octanol–water partition coefficient (Wildman–Crippen LogP) is 2.51. The summed E-state index contributed by atoms with van der Waals surface area (Å²) in [4.78, 5) is 16.3. The van der Waals surface area contributed by atoms with Gasteiger partial charge in [0, 0.05) is 32.1 Å². The highest BCUT2D eigenvalue weighted by molar-refractivity contribution is 14.0. The Morgan fingerprint density at radius 2 is 1.83 bits per heavy atom. The normalized spacial score (nSPS) is 28.4. The van der Waals surface area contributed by atoms with Gasteiger partial charge in [0.25, 0.3) is 0 Å². The monoisotopic (exact) mass is 448 g/mol. The number of guanidine groups is 1. The van der Waals surface area contributed by atoms with Crippen LogP contribution in [0.5, 0.6) is 0 Å². The first-order chi connectivity index (χ1) is 11.3. The summed E-state index contributed by atoms with van der Waals surface area (Å²) in [6.07, 6.45) is 9.21. The Bertz CT molecular complexity index is 439. The number of carbonyl (C=O) groups excluding carboxylic acids is 1. The van der Waals surface area contributed by atoms with Crippen molar-refractivity contribution in [2.24, 2.45) is 28.7 Å². The molecule has 0 radical (unpaired) electrons. The topological polar surface area (TPSA) is 65.5 Å². The Morgan fingerprint density at radius 3 is 2.46 bits per heavy atom. The van der Waals surface area contributed by atoms with E-state index < -0.39 is 0 Å². The van der Waals surface area contributed by atoms with Gasteiger partial charge in [-0.05, 0) is 63.2 Å². The Kier molecular flexibility index (Phi) is 8.10. The fourth-order valence-electron chi connectivity index (χ4n) is 4.27. The molecule has 3 aliphatic rings. The van der Waals surface area contributed by atoms with E-state index in [-0.39, 0.29) is 29.9 Å². The number of halogens is 1. The first-order valence-corrected chi connectivity index (χ1v) is 9.56. The van der Waals surface area contributed by atoms with Gasteiger partial charge in [-0.1, -0.05) is 6.42 Å². The predicted molar refractivity (Wildman–Crippen MR) is 109 cm³/mol. The molecule has 3 rings (SSSR count). The van der Waals surface area contributed by atoms with Crippen LogP contribution in [0.25, 0.3) is 0 Å². The fraction of sp³-hybridized carbons (Fsp3) is 0.889. The van der Waals surface area contributed by atoms with Crippen molar-refractivity contribution in [1.82, 2.24) is 16.0 Å². The van der Waals surface area contributed by atoms with E-state index in [2.05, 4.69) is 22.9 Å². The van der Waals surface area contributed by atoms with Gasteiger partial charge < -0.3 is 16.0 Å². The molecule has 2 bridgehead atoms. The third-order valence-electron chi connectivity index (χ3n) is 5.66. The minimum absolute atomic E-state index is 0. The lowest BCUT2D eigenvalue weighted by Crippen LogP contribution is -2.41. The van der Waals surface area contributed by atoms with Crippen molar-refractivity contribution in [2.75, 3.05) is 26.2 Å². The Labute approximate surface area is 163 Å². The number of amides is 1. The van der Waals surface area contributed by atoms with Crippen LogP contribution in [0.4, 0.5) is 0 Å². The fourth-order valence-corrected chi connectivity index (χ4v) is 4.27. The number of nitrogens with one attached hydrogen (secondary N) is 3. The van der Waals surface area contributed by atoms with Crippen LogP contribution < -0.4 is 16.0 Å². The van der Waals surface area contributed by atoms with Crippen LogP contribution in [0.2, 0.25) is 0 Å². The lowest BCUT2D eigenvalue weighted by atomic mass is 9.86. The highest BCUT2D eigenvalue weighted by Crippen LogP contribution is 2.49. The molecule has 3 atom stereocenters. The van der Waals surface area contributed by atoms with Gasteiger partial charge >= 0.3 is 0 Å². The standard InChI is InChI=1S/C18H32N4O.HI/c1-2-19-18(22-10-9-20-17(23)14-5-6-14)21-8-7-16-12-13-3-4-15(16)11-13;/h13-16H,2-12H2,1H3,(H,20,23)(H2,19,21,22);1H. The molecule has 0 aromatic carbocycles. The molecule has 3 unspecified atom stereocenters. The van der Waals surface area contributed by atoms with Crippen molar-refractivity contribution >= 4 is 35.8 Å². The zero-order chi connectivity index (χ0) is 16.1. The van der Waals surface area contributed by atoms with E-state index in [1.807, 2.05) is 0 Å². The highest BCUT2D eigenvalue weighted by atomic mass is 127. The zero-order valence-corrected chi connectivity index (χ0v) is 17.2. The van der Waals surface area contributed by atoms with Crippen molar-refractivity contribution in [3.63, 3.8) is 0 Å². The summed E-state index contributed by atoms with van der Waals surface area (Å²) in [7, 11) is 0. The summed E-state index contributed by atoms with van der Waals surface area (Å²) in [6, 6.07) is 0. The molecular formula is C18H33IN4O. The number of nitrogens with zero attached hydrogens (tertiary/aromatic N) is 1. The molecule has 0 heterocycles. The molecule has 5 nitrogen and oxygen atoms in total. The van der Waals surface area contributed by atoms with Crippen LogP contribution >= 0.6 is 24.0 Å². The van der Waals surface area contributed by atoms with E-state index in [1.165, 1.54) is 32.1 Å². The number of hydrogen-bond donors (Lipinski definition) is 3. The van der Waals surface area contributed by atoms with Gasteiger partial charge in [0.1, 0.15) is 0 Å². The van der Waals surface area contributed by atoms with Crippen molar-refractivity contribution in [2.45, 2.75) is 51.9 Å². The van der Waals surface area contributed by atoms with Crippen LogP contribution in [0, 0.1) is 23.7 Å². The Morgan fingerprint density at radius 1 is 1.04 bits per heavy atom. The molecule has 3 aliphatic carbocycles. The van der Waals surface area contributed by atoms with Gasteiger partial charge in [0.05, 0.1) is 0 Å². The summed E-state index contributed by atoms with van der Waals surface area (Å²) in [5, 5.41) is 9.59. The highest BCUT2D eigenvalue weighted by Gasteiger charge is 2.38. The van der Waals surface area contributed by atoms with Crippen LogP contribution in [-0.2, 0) is 4.79 Å². The minimum atomic E-state index is 0. The molecule has 6 heteroatoms.